The first-order chi connectivity index (χ1) is 19.3. The Balaban J connectivity index is 1.93. The number of nitrogens with zero attached hydrogens (tertiary/aromatic N) is 2. The fourth-order valence-corrected chi connectivity index (χ4v) is 5.49. The molecule has 0 unspecified atom stereocenters. The van der Waals surface area contributed by atoms with Gasteiger partial charge < -0.3 is 14.2 Å². The Kier molecular flexibility index (Phi) is 11.4. The number of hydrogen-bond acceptors (Lipinski definition) is 6. The molecule has 2 aromatic carbocycles. The van der Waals surface area contributed by atoms with Gasteiger partial charge in [0.1, 0.15) is 17.4 Å². The van der Waals surface area contributed by atoms with Gasteiger partial charge >= 0.3 is 12.1 Å². The van der Waals surface area contributed by atoms with Crippen molar-refractivity contribution in [1.82, 2.24) is 9.80 Å². The summed E-state index contributed by atoms with van der Waals surface area (Å²) in [6, 6.07) is 20.5. The first-order valence-electron chi connectivity index (χ1n) is 15.1. The fourth-order valence-electron chi connectivity index (χ4n) is 5.49. The molecule has 7 heteroatoms. The Morgan fingerprint density at radius 1 is 1.02 bits per heavy atom. The van der Waals surface area contributed by atoms with Crippen molar-refractivity contribution in [2.75, 3.05) is 6.54 Å². The summed E-state index contributed by atoms with van der Waals surface area (Å²) in [6.07, 6.45) is 1.59. The highest BCUT2D eigenvalue weighted by Crippen LogP contribution is 2.34. The lowest BCUT2D eigenvalue weighted by Crippen LogP contribution is -2.46. The Morgan fingerprint density at radius 2 is 1.61 bits per heavy atom. The number of benzene rings is 2. The lowest BCUT2D eigenvalue weighted by atomic mass is 9.97. The normalized spacial score (nSPS) is 18.4. The monoisotopic (exact) mass is 566 g/mol. The average Bonchev–Trinajstić information content (AvgIpc) is 3.23. The predicted octanol–water partition coefficient (Wildman–Crippen LogP) is 7.50. The Labute approximate surface area is 247 Å². The Hall–Kier alpha value is -2.90. The zero-order chi connectivity index (χ0) is 30.2. The maximum absolute atomic E-state index is 13.4. The van der Waals surface area contributed by atoms with E-state index < -0.39 is 17.4 Å². The van der Waals surface area contributed by atoms with Crippen LogP contribution >= 0.6 is 0 Å². The van der Waals surface area contributed by atoms with Crippen LogP contribution in [0.4, 0.5) is 4.79 Å². The van der Waals surface area contributed by atoms with Crippen molar-refractivity contribution in [1.29, 1.82) is 0 Å². The summed E-state index contributed by atoms with van der Waals surface area (Å²) in [5, 5.41) is 0. The molecule has 0 radical (unpaired) electrons. The molecule has 0 saturated carbocycles. The zero-order valence-electron chi connectivity index (χ0n) is 26.3. The summed E-state index contributed by atoms with van der Waals surface area (Å²) in [7, 11) is 0. The second kappa shape index (κ2) is 14.3. The highest BCUT2D eigenvalue weighted by atomic mass is 16.6. The molecule has 1 aliphatic heterocycles. The van der Waals surface area contributed by atoms with Crippen LogP contribution in [0.25, 0.3) is 0 Å². The highest BCUT2D eigenvalue weighted by molar-refractivity contribution is 5.70. The van der Waals surface area contributed by atoms with Crippen molar-refractivity contribution < 1.29 is 23.8 Å². The van der Waals surface area contributed by atoms with Crippen molar-refractivity contribution >= 4 is 12.1 Å². The fraction of sp³-hybridized carbons (Fsp3) is 0.588. The topological polar surface area (TPSA) is 68.3 Å². The Morgan fingerprint density at radius 3 is 2.17 bits per heavy atom. The van der Waals surface area contributed by atoms with Crippen LogP contribution in [-0.4, -0.2) is 58.0 Å². The van der Waals surface area contributed by atoms with Crippen molar-refractivity contribution in [2.45, 2.75) is 123 Å². The van der Waals surface area contributed by atoms with E-state index in [1.54, 1.807) is 4.90 Å². The molecule has 1 saturated heterocycles. The van der Waals surface area contributed by atoms with Gasteiger partial charge in [-0.25, -0.2) is 4.79 Å². The molecular formula is C34H50N2O5. The summed E-state index contributed by atoms with van der Waals surface area (Å²) in [5.41, 5.74) is 0.897. The smallest absolute Gasteiger partial charge is 0.412 e. The molecule has 3 atom stereocenters. The molecule has 7 nitrogen and oxygen atoms in total. The molecule has 3 rings (SSSR count). The van der Waals surface area contributed by atoms with Gasteiger partial charge in [-0.1, -0.05) is 74.5 Å². The molecule has 0 aromatic heterocycles. The summed E-state index contributed by atoms with van der Waals surface area (Å²) in [5.74, 6) is -0.205. The van der Waals surface area contributed by atoms with Crippen molar-refractivity contribution in [3.05, 3.63) is 71.8 Å². The third-order valence-corrected chi connectivity index (χ3v) is 7.71. The van der Waals surface area contributed by atoms with Gasteiger partial charge in [-0.3, -0.25) is 14.6 Å². The van der Waals surface area contributed by atoms with Gasteiger partial charge in [0.05, 0.1) is 19.1 Å². The minimum absolute atomic E-state index is 0.0266. The maximum atomic E-state index is 13.4. The van der Waals surface area contributed by atoms with Crippen LogP contribution in [0.5, 0.6) is 0 Å². The number of carbonyl (C=O) groups excluding carboxylic acids is 2. The van der Waals surface area contributed by atoms with E-state index in [0.717, 1.165) is 18.4 Å². The third kappa shape index (κ3) is 9.57. The number of amides is 1. The summed E-state index contributed by atoms with van der Waals surface area (Å²) in [6.45, 7) is 16.7. The second-order valence-corrected chi connectivity index (χ2v) is 12.5. The quantitative estimate of drug-likeness (QED) is 0.248. The van der Waals surface area contributed by atoms with E-state index in [4.69, 9.17) is 14.2 Å². The number of ether oxygens (including phenoxy) is 3. The first kappa shape index (κ1) is 32.6. The molecule has 0 aliphatic carbocycles. The van der Waals surface area contributed by atoms with Gasteiger partial charge in [-0.2, -0.15) is 0 Å². The number of carbonyl (C=O) groups is 2. The molecule has 0 bridgehead atoms. The Bertz CT molecular complexity index is 1100. The molecule has 2 aromatic rings. The van der Waals surface area contributed by atoms with E-state index in [-0.39, 0.29) is 36.7 Å². The van der Waals surface area contributed by atoms with E-state index in [9.17, 15) is 9.59 Å². The van der Waals surface area contributed by atoms with Crippen LogP contribution in [0.15, 0.2) is 60.7 Å². The summed E-state index contributed by atoms with van der Waals surface area (Å²) >= 11 is 0. The number of esters is 1. The van der Waals surface area contributed by atoms with Crippen molar-refractivity contribution in [3.8, 4) is 0 Å². The first-order valence-corrected chi connectivity index (χ1v) is 15.1. The number of hydrogen-bond donors (Lipinski definition) is 0. The van der Waals surface area contributed by atoms with Crippen molar-refractivity contribution in [2.24, 2.45) is 0 Å². The average molecular weight is 567 g/mol. The summed E-state index contributed by atoms with van der Waals surface area (Å²) < 4.78 is 18.0. The van der Waals surface area contributed by atoms with Gasteiger partial charge in [0.25, 0.3) is 0 Å². The van der Waals surface area contributed by atoms with Crippen molar-refractivity contribution in [3.63, 3.8) is 0 Å². The van der Waals surface area contributed by atoms with Crippen LogP contribution in [-0.2, 0) is 25.5 Å². The van der Waals surface area contributed by atoms with Crippen LogP contribution in [0.3, 0.4) is 0 Å². The van der Waals surface area contributed by atoms with E-state index in [1.165, 1.54) is 5.56 Å². The van der Waals surface area contributed by atoms with E-state index in [0.29, 0.717) is 19.5 Å². The van der Waals surface area contributed by atoms with Gasteiger partial charge in [0, 0.05) is 18.6 Å². The van der Waals surface area contributed by atoms with E-state index in [2.05, 4.69) is 36.1 Å². The van der Waals surface area contributed by atoms with Crippen LogP contribution in [0.2, 0.25) is 0 Å². The maximum Gasteiger partial charge on any atom is 0.412 e. The van der Waals surface area contributed by atoms with Crippen LogP contribution in [0, 0.1) is 0 Å². The van der Waals surface area contributed by atoms with Gasteiger partial charge in [-0.05, 0) is 71.9 Å². The van der Waals surface area contributed by atoms with Gasteiger partial charge in [-0.15, -0.1) is 0 Å². The molecule has 1 fully saturated rings. The molecule has 1 aliphatic rings. The van der Waals surface area contributed by atoms with Crippen LogP contribution < -0.4 is 0 Å². The molecule has 1 amide bonds. The summed E-state index contributed by atoms with van der Waals surface area (Å²) in [4.78, 5) is 30.5. The lowest BCUT2D eigenvalue weighted by molar-refractivity contribution is -0.151. The minimum atomic E-state index is -0.830. The third-order valence-electron chi connectivity index (χ3n) is 7.71. The molecule has 0 spiro atoms. The number of rotatable bonds is 12. The zero-order valence-corrected chi connectivity index (χ0v) is 26.3. The van der Waals surface area contributed by atoms with E-state index >= 15 is 0 Å². The lowest BCUT2D eigenvalue weighted by Gasteiger charge is -2.38. The predicted molar refractivity (Wildman–Crippen MR) is 162 cm³/mol. The van der Waals surface area contributed by atoms with Gasteiger partial charge in [0.2, 0.25) is 0 Å². The van der Waals surface area contributed by atoms with Gasteiger partial charge in [0.15, 0.2) is 0 Å². The highest BCUT2D eigenvalue weighted by Gasteiger charge is 2.45. The molecule has 0 N–H and O–H groups in total. The largest absolute Gasteiger partial charge is 0.462 e. The molecule has 226 valence electrons. The molecular weight excluding hydrogens is 516 g/mol. The SMILES string of the molecule is CCC(CC)OC(=O)C[C@H](C[C@@H]1CN(C(=O)OC(C)(C)C)C(C)(C)O1)N(Cc1ccccc1)[C@@H](C)c1ccccc1. The standard InChI is InChI=1S/C34H50N2O5/c1-9-29(10-2)39-31(37)22-28(21-30-24-36(34(7,8)40-30)32(38)41-33(4,5)6)35(23-26-17-13-11-14-18-26)25(3)27-19-15-12-16-20-27/h11-20,25,28-30H,9-10,21-24H2,1-8H3/t25-,28-,30+/m0/s1. The second-order valence-electron chi connectivity index (χ2n) is 12.5. The molecule has 41 heavy (non-hydrogen) atoms. The van der Waals surface area contributed by atoms with E-state index in [1.807, 2.05) is 84.9 Å². The van der Waals surface area contributed by atoms with Crippen LogP contribution in [0.1, 0.15) is 98.2 Å². The molecule has 1 heterocycles. The minimum Gasteiger partial charge on any atom is -0.462 e.